The van der Waals surface area contributed by atoms with Crippen LogP contribution in [-0.2, 0) is 42.9 Å². The van der Waals surface area contributed by atoms with Crippen LogP contribution < -0.4 is 5.32 Å². The number of amides is 1. The van der Waals surface area contributed by atoms with E-state index in [1.54, 1.807) is 41.5 Å². The van der Waals surface area contributed by atoms with Crippen LogP contribution in [0.4, 0.5) is 0 Å². The van der Waals surface area contributed by atoms with Crippen molar-refractivity contribution in [2.24, 2.45) is 11.8 Å². The molecule has 1 aliphatic carbocycles. The van der Waals surface area contributed by atoms with E-state index in [-0.39, 0.29) is 12.8 Å². The van der Waals surface area contributed by atoms with Crippen LogP contribution in [0.15, 0.2) is 0 Å². The Hall–Kier alpha value is -2.40. The third-order valence-corrected chi connectivity index (χ3v) is 7.01. The first-order valence-corrected chi connectivity index (χ1v) is 14.1. The summed E-state index contributed by atoms with van der Waals surface area (Å²) in [5, 5.41) is 54.8. The van der Waals surface area contributed by atoms with Gasteiger partial charge < -0.3 is 54.5 Å². The van der Waals surface area contributed by atoms with Crippen molar-refractivity contribution < 1.29 is 68.4 Å². The lowest BCUT2D eigenvalue weighted by molar-refractivity contribution is -0.333. The lowest BCUT2D eigenvalue weighted by Gasteiger charge is -2.49. The van der Waals surface area contributed by atoms with Crippen LogP contribution in [0.25, 0.3) is 0 Å². The molecule has 0 unspecified atom stereocenters. The fraction of sp³-hybridized carbons (Fsp3) is 0.857. The number of esters is 3. The van der Waals surface area contributed by atoms with Crippen LogP contribution in [0.5, 0.6) is 0 Å². The Morgan fingerprint density at radius 1 is 0.930 bits per heavy atom. The van der Waals surface area contributed by atoms with Gasteiger partial charge in [0.15, 0.2) is 0 Å². The maximum absolute atomic E-state index is 13.3. The van der Waals surface area contributed by atoms with E-state index >= 15 is 0 Å². The van der Waals surface area contributed by atoms with Gasteiger partial charge in [-0.15, -0.1) is 0 Å². The Balaban J connectivity index is 2.51. The summed E-state index contributed by atoms with van der Waals surface area (Å²) in [6.07, 6.45) is -11.3. The monoisotopic (exact) mass is 621 g/mol. The molecule has 1 aliphatic heterocycles. The predicted octanol–water partition coefficient (Wildman–Crippen LogP) is -1.32. The fourth-order valence-corrected chi connectivity index (χ4v) is 5.19. The summed E-state index contributed by atoms with van der Waals surface area (Å²) in [5.41, 5.74) is -1.82. The Labute approximate surface area is 250 Å². The molecule has 0 aromatic rings. The maximum Gasteiger partial charge on any atom is 0.366 e. The highest BCUT2D eigenvalue weighted by Gasteiger charge is 2.59. The number of aliphatic hydroxyl groups excluding tert-OH is 5. The number of carbonyl (C=O) groups is 4. The van der Waals surface area contributed by atoms with Crippen LogP contribution in [0.1, 0.15) is 67.7 Å². The Bertz CT molecular complexity index is 1010. The molecule has 6 N–H and O–H groups in total. The van der Waals surface area contributed by atoms with Gasteiger partial charge in [0.1, 0.15) is 29.5 Å². The largest absolute Gasteiger partial charge is 0.465 e. The number of aliphatic hydroxyl groups is 5. The van der Waals surface area contributed by atoms with E-state index in [1.807, 2.05) is 0 Å². The summed E-state index contributed by atoms with van der Waals surface area (Å²) in [7, 11) is 0.996. The van der Waals surface area contributed by atoms with E-state index in [1.165, 1.54) is 0 Å². The minimum Gasteiger partial charge on any atom is -0.465 e. The molecule has 15 heteroatoms. The van der Waals surface area contributed by atoms with Crippen molar-refractivity contribution in [1.29, 1.82) is 0 Å². The van der Waals surface area contributed by atoms with Crippen molar-refractivity contribution in [3.05, 3.63) is 0 Å². The van der Waals surface area contributed by atoms with E-state index in [0.717, 1.165) is 14.0 Å². The molecule has 0 aromatic carbocycles. The lowest BCUT2D eigenvalue weighted by atomic mass is 9.76. The summed E-state index contributed by atoms with van der Waals surface area (Å²) in [5.74, 6) is -8.18. The van der Waals surface area contributed by atoms with Crippen LogP contribution in [0.3, 0.4) is 0 Å². The number of hydrogen-bond acceptors (Lipinski definition) is 14. The Morgan fingerprint density at radius 3 is 1.88 bits per heavy atom. The molecule has 1 saturated heterocycles. The van der Waals surface area contributed by atoms with Gasteiger partial charge in [0.05, 0.1) is 49.9 Å². The first kappa shape index (κ1) is 36.8. The van der Waals surface area contributed by atoms with Gasteiger partial charge in [-0.3, -0.25) is 14.4 Å². The number of hydrogen-bond donors (Lipinski definition) is 6. The molecule has 1 heterocycles. The molecular formula is C28H47NO14. The SMILES string of the molecule is COC(=O)[C@@]1(O[C@@H]2C[C@H](C(=O)OC(C)(C)C)[C@@H](C(=O)OC(C)(C)C)C[C@@H]2O)C[C@H](O)[C@@H](NC(C)=O)[C@H]([C@H](O)[C@H](O)CO)O1. The molecule has 10 atom stereocenters. The second-order valence-corrected chi connectivity index (χ2v) is 13.0. The highest BCUT2D eigenvalue weighted by Crippen LogP contribution is 2.41. The standard InChI is InChI=1S/C28H47NO14/c1-13(31)29-20-17(33)11-28(25(38)39-8,41-22(20)21(35)18(34)12-30)40-19-10-15(24(37)43-27(5,6)7)14(9-16(19)32)23(36)42-26(2,3)4/h14-22,30,32-35H,9-12H2,1-8H3,(H,29,31)/t14-,15-,16-,17-,18+,19+,20+,21+,22+,28+/m0/s1. The minimum absolute atomic E-state index is 0.326. The zero-order valence-electron chi connectivity index (χ0n) is 25.9. The molecule has 2 aliphatic rings. The Morgan fingerprint density at radius 2 is 1.44 bits per heavy atom. The predicted molar refractivity (Wildman–Crippen MR) is 146 cm³/mol. The zero-order valence-corrected chi connectivity index (χ0v) is 25.9. The van der Waals surface area contributed by atoms with Gasteiger partial charge in [-0.25, -0.2) is 4.79 Å². The number of carbonyl (C=O) groups excluding carboxylic acids is 4. The molecule has 43 heavy (non-hydrogen) atoms. The van der Waals surface area contributed by atoms with Crippen LogP contribution in [-0.4, -0.2) is 123 Å². The molecule has 0 aromatic heterocycles. The Kier molecular flexibility index (Phi) is 12.1. The maximum atomic E-state index is 13.3. The molecular weight excluding hydrogens is 574 g/mol. The van der Waals surface area contributed by atoms with E-state index in [4.69, 9.17) is 23.7 Å². The molecule has 1 saturated carbocycles. The number of nitrogens with one attached hydrogen (secondary N) is 1. The lowest BCUT2D eigenvalue weighted by Crippen LogP contribution is -2.69. The quantitative estimate of drug-likeness (QED) is 0.130. The summed E-state index contributed by atoms with van der Waals surface area (Å²) < 4.78 is 27.8. The molecule has 15 nitrogen and oxygen atoms in total. The first-order chi connectivity index (χ1) is 19.6. The van der Waals surface area contributed by atoms with Gasteiger partial charge >= 0.3 is 17.9 Å². The molecule has 0 radical (unpaired) electrons. The summed E-state index contributed by atoms with van der Waals surface area (Å²) in [4.78, 5) is 51.4. The van der Waals surface area contributed by atoms with Gasteiger partial charge in [0.2, 0.25) is 5.91 Å². The molecule has 0 bridgehead atoms. The van der Waals surface area contributed by atoms with Crippen LogP contribution in [0.2, 0.25) is 0 Å². The van der Waals surface area contributed by atoms with Crippen molar-refractivity contribution in [2.45, 2.75) is 127 Å². The van der Waals surface area contributed by atoms with Crippen molar-refractivity contribution in [1.82, 2.24) is 5.32 Å². The average Bonchev–Trinajstić information content (AvgIpc) is 2.87. The smallest absolute Gasteiger partial charge is 0.366 e. The van der Waals surface area contributed by atoms with Gasteiger partial charge in [-0.05, 0) is 54.4 Å². The average molecular weight is 622 g/mol. The number of rotatable bonds is 9. The number of ether oxygens (including phenoxy) is 5. The third-order valence-electron chi connectivity index (χ3n) is 7.01. The van der Waals surface area contributed by atoms with Crippen LogP contribution >= 0.6 is 0 Å². The van der Waals surface area contributed by atoms with Crippen molar-refractivity contribution >= 4 is 23.8 Å². The van der Waals surface area contributed by atoms with Crippen molar-refractivity contribution in [3.8, 4) is 0 Å². The van der Waals surface area contributed by atoms with E-state index in [0.29, 0.717) is 0 Å². The van der Waals surface area contributed by atoms with E-state index in [9.17, 15) is 44.7 Å². The second kappa shape index (κ2) is 14.1. The van der Waals surface area contributed by atoms with Crippen molar-refractivity contribution in [3.63, 3.8) is 0 Å². The zero-order chi connectivity index (χ0) is 33.1. The molecule has 2 fully saturated rings. The highest BCUT2D eigenvalue weighted by atomic mass is 16.7. The normalized spacial score (nSPS) is 33.1. The molecule has 2 rings (SSSR count). The highest BCUT2D eigenvalue weighted by molar-refractivity contribution is 5.83. The molecule has 1 amide bonds. The summed E-state index contributed by atoms with van der Waals surface area (Å²) in [6.45, 7) is 10.1. The third kappa shape index (κ3) is 9.54. The van der Waals surface area contributed by atoms with Gasteiger partial charge in [0.25, 0.3) is 5.79 Å². The van der Waals surface area contributed by atoms with Gasteiger partial charge in [-0.1, -0.05) is 0 Å². The van der Waals surface area contributed by atoms with Crippen molar-refractivity contribution in [2.75, 3.05) is 13.7 Å². The molecule has 0 spiro atoms. The van der Waals surface area contributed by atoms with E-state index < -0.39 is 108 Å². The fourth-order valence-electron chi connectivity index (χ4n) is 5.19. The summed E-state index contributed by atoms with van der Waals surface area (Å²) in [6, 6.07) is -1.36. The van der Waals surface area contributed by atoms with Crippen LogP contribution in [0, 0.1) is 11.8 Å². The van der Waals surface area contributed by atoms with E-state index in [2.05, 4.69) is 5.32 Å². The summed E-state index contributed by atoms with van der Waals surface area (Å²) >= 11 is 0. The topological polar surface area (TPSA) is 228 Å². The van der Waals surface area contributed by atoms with Gasteiger partial charge in [0, 0.05) is 13.3 Å². The van der Waals surface area contributed by atoms with Gasteiger partial charge in [-0.2, -0.15) is 0 Å². The minimum atomic E-state index is -2.52. The molecule has 248 valence electrons. The first-order valence-electron chi connectivity index (χ1n) is 14.1. The second-order valence-electron chi connectivity index (χ2n) is 13.0. The number of methoxy groups -OCH3 is 1.